The highest BCUT2D eigenvalue weighted by Gasteiger charge is 2.57. The van der Waals surface area contributed by atoms with Gasteiger partial charge in [0, 0.05) is 12.7 Å². The quantitative estimate of drug-likeness (QED) is 0.759. The Labute approximate surface area is 162 Å². The van der Waals surface area contributed by atoms with Crippen LogP contribution in [-0.2, 0) is 15.0 Å². The molecule has 1 aromatic carbocycles. The van der Waals surface area contributed by atoms with Gasteiger partial charge in [-0.3, -0.25) is 14.5 Å². The molecule has 0 unspecified atom stereocenters. The van der Waals surface area contributed by atoms with Crippen LogP contribution >= 0.6 is 0 Å². The average molecular weight is 370 g/mol. The minimum atomic E-state index is -1.24. The van der Waals surface area contributed by atoms with Crippen LogP contribution < -0.4 is 4.90 Å². The zero-order chi connectivity index (χ0) is 19.9. The normalized spacial score (nSPS) is 23.4. The molecule has 0 spiro atoms. The van der Waals surface area contributed by atoms with Gasteiger partial charge in [-0.15, -0.1) is 5.10 Å². The molecule has 6 heteroatoms. The molecule has 1 aromatic heterocycles. The molecule has 28 heavy (non-hydrogen) atoms. The van der Waals surface area contributed by atoms with E-state index in [4.69, 9.17) is 0 Å². The molecule has 0 fully saturated rings. The largest absolute Gasteiger partial charge is 0.292 e. The van der Waals surface area contributed by atoms with Crippen molar-refractivity contribution in [2.24, 2.45) is 5.41 Å². The fraction of sp³-hybridized carbons (Fsp3) is 0.227. The van der Waals surface area contributed by atoms with Crippen molar-refractivity contribution in [2.75, 3.05) is 11.4 Å². The zero-order valence-electron chi connectivity index (χ0n) is 15.6. The maximum absolute atomic E-state index is 13.9. The third kappa shape index (κ3) is 2.33. The molecule has 2 aliphatic rings. The van der Waals surface area contributed by atoms with Crippen LogP contribution in [0.5, 0.6) is 0 Å². The number of hydrogen-bond donors (Lipinski definition) is 0. The lowest BCUT2D eigenvalue weighted by atomic mass is 9.56. The standard InChI is InChI=1S/C22H18N4O2/c1-21(2)17-10-12-26(18-9-6-11-24-25-18)20(28)22(17,13-15(14-23)19(21)27)16-7-4-3-5-8-16/h3-11,13H,12H2,1-2H3/t22-/m1/s1. The van der Waals surface area contributed by atoms with Crippen LogP contribution in [0.3, 0.4) is 0 Å². The van der Waals surface area contributed by atoms with Gasteiger partial charge >= 0.3 is 0 Å². The summed E-state index contributed by atoms with van der Waals surface area (Å²) in [6, 6.07) is 14.7. The van der Waals surface area contributed by atoms with Crippen LogP contribution in [0.2, 0.25) is 0 Å². The highest BCUT2D eigenvalue weighted by molar-refractivity contribution is 6.14. The van der Waals surface area contributed by atoms with Gasteiger partial charge in [0.15, 0.2) is 11.6 Å². The summed E-state index contributed by atoms with van der Waals surface area (Å²) < 4.78 is 0. The van der Waals surface area contributed by atoms with Crippen molar-refractivity contribution in [1.29, 1.82) is 5.26 Å². The summed E-state index contributed by atoms with van der Waals surface area (Å²) in [5.41, 5.74) is -0.798. The summed E-state index contributed by atoms with van der Waals surface area (Å²) in [6.07, 6.45) is 4.97. The van der Waals surface area contributed by atoms with E-state index in [1.54, 1.807) is 37.1 Å². The highest BCUT2D eigenvalue weighted by Crippen LogP contribution is 2.52. The number of carbonyl (C=O) groups is 2. The first-order valence-electron chi connectivity index (χ1n) is 8.97. The molecule has 6 nitrogen and oxygen atoms in total. The first-order valence-corrected chi connectivity index (χ1v) is 8.97. The summed E-state index contributed by atoms with van der Waals surface area (Å²) in [7, 11) is 0. The maximum atomic E-state index is 13.9. The van der Waals surface area contributed by atoms with Gasteiger partial charge in [-0.1, -0.05) is 36.4 Å². The number of carbonyl (C=O) groups excluding carboxylic acids is 2. The summed E-state index contributed by atoms with van der Waals surface area (Å²) in [5, 5.41) is 17.6. The van der Waals surface area contributed by atoms with E-state index in [0.29, 0.717) is 17.0 Å². The van der Waals surface area contributed by atoms with Gasteiger partial charge in [0.1, 0.15) is 11.5 Å². The summed E-state index contributed by atoms with van der Waals surface area (Å²) in [4.78, 5) is 28.3. The minimum absolute atomic E-state index is 0.000323. The van der Waals surface area contributed by atoms with E-state index in [9.17, 15) is 14.9 Å². The van der Waals surface area contributed by atoms with Crippen molar-refractivity contribution in [3.8, 4) is 6.07 Å². The van der Waals surface area contributed by atoms with Crippen molar-refractivity contribution < 1.29 is 9.59 Å². The minimum Gasteiger partial charge on any atom is -0.292 e. The Kier molecular flexibility index (Phi) is 3.97. The second-order valence-corrected chi connectivity index (χ2v) is 7.41. The first-order chi connectivity index (χ1) is 13.4. The summed E-state index contributed by atoms with van der Waals surface area (Å²) in [6.45, 7) is 3.83. The molecule has 0 saturated heterocycles. The molecule has 1 aliphatic carbocycles. The fourth-order valence-electron chi connectivity index (χ4n) is 4.16. The van der Waals surface area contributed by atoms with Crippen LogP contribution in [0.15, 0.2) is 72.0 Å². The number of allylic oxidation sites excluding steroid dienone is 1. The van der Waals surface area contributed by atoms with Crippen LogP contribution in [0.4, 0.5) is 5.82 Å². The highest BCUT2D eigenvalue weighted by atomic mass is 16.2. The SMILES string of the molecule is CC1(C)C(=O)C(C#N)=C[C@]2(c3ccccc3)C(=O)N(c3cccnn3)CC=C12. The topological polar surface area (TPSA) is 87.0 Å². The third-order valence-electron chi connectivity index (χ3n) is 5.52. The number of anilines is 1. The van der Waals surface area contributed by atoms with Crippen molar-refractivity contribution in [3.05, 3.63) is 77.5 Å². The second kappa shape index (κ2) is 6.24. The Morgan fingerprint density at radius 3 is 2.50 bits per heavy atom. The third-order valence-corrected chi connectivity index (χ3v) is 5.52. The Morgan fingerprint density at radius 2 is 1.86 bits per heavy atom. The molecule has 0 radical (unpaired) electrons. The molecule has 0 N–H and O–H groups in total. The Balaban J connectivity index is 2.03. The molecular formula is C22H18N4O2. The van der Waals surface area contributed by atoms with Crippen molar-refractivity contribution >= 4 is 17.5 Å². The van der Waals surface area contributed by atoms with E-state index < -0.39 is 10.8 Å². The first kappa shape index (κ1) is 17.8. The number of nitriles is 1. The van der Waals surface area contributed by atoms with Gasteiger partial charge in [0.25, 0.3) is 0 Å². The molecule has 1 amide bonds. The van der Waals surface area contributed by atoms with E-state index in [-0.39, 0.29) is 23.8 Å². The predicted molar refractivity (Wildman–Crippen MR) is 103 cm³/mol. The predicted octanol–water partition coefficient (Wildman–Crippen LogP) is 2.75. The number of Topliss-reactive ketones (excluding diaryl/α,β-unsaturated/α-hetero) is 1. The van der Waals surface area contributed by atoms with Gasteiger partial charge in [-0.05, 0) is 43.2 Å². The van der Waals surface area contributed by atoms with Crippen molar-refractivity contribution in [3.63, 3.8) is 0 Å². The van der Waals surface area contributed by atoms with Crippen LogP contribution in [0, 0.1) is 16.7 Å². The number of benzene rings is 1. The number of fused-ring (bicyclic) bond motifs is 1. The van der Waals surface area contributed by atoms with Gasteiger partial charge in [0.2, 0.25) is 5.91 Å². The number of rotatable bonds is 2. The van der Waals surface area contributed by atoms with E-state index in [0.717, 1.165) is 0 Å². The fourth-order valence-corrected chi connectivity index (χ4v) is 4.16. The van der Waals surface area contributed by atoms with E-state index in [1.165, 1.54) is 6.08 Å². The molecule has 2 aromatic rings. The van der Waals surface area contributed by atoms with E-state index in [2.05, 4.69) is 10.2 Å². The number of hydrogen-bond acceptors (Lipinski definition) is 5. The van der Waals surface area contributed by atoms with E-state index in [1.807, 2.05) is 42.5 Å². The molecular weight excluding hydrogens is 352 g/mol. The smallest absolute Gasteiger partial charge is 0.247 e. The number of ketones is 1. The maximum Gasteiger partial charge on any atom is 0.247 e. The molecule has 138 valence electrons. The molecule has 1 atom stereocenters. The van der Waals surface area contributed by atoms with Crippen LogP contribution in [-0.4, -0.2) is 28.4 Å². The molecule has 2 heterocycles. The van der Waals surface area contributed by atoms with Gasteiger partial charge < -0.3 is 0 Å². The van der Waals surface area contributed by atoms with Crippen LogP contribution in [0.1, 0.15) is 19.4 Å². The monoisotopic (exact) mass is 370 g/mol. The zero-order valence-corrected chi connectivity index (χ0v) is 15.6. The van der Waals surface area contributed by atoms with Gasteiger partial charge in [0.05, 0.1) is 11.0 Å². The van der Waals surface area contributed by atoms with E-state index >= 15 is 0 Å². The van der Waals surface area contributed by atoms with Gasteiger partial charge in [-0.2, -0.15) is 10.4 Å². The van der Waals surface area contributed by atoms with Gasteiger partial charge in [-0.25, -0.2) is 0 Å². The second-order valence-electron chi connectivity index (χ2n) is 7.41. The number of aromatic nitrogens is 2. The lowest BCUT2D eigenvalue weighted by Crippen LogP contribution is -2.57. The van der Waals surface area contributed by atoms with Crippen LogP contribution in [0.25, 0.3) is 0 Å². The molecule has 0 saturated carbocycles. The molecule has 4 rings (SSSR count). The average Bonchev–Trinajstić information content (AvgIpc) is 2.73. The summed E-state index contributed by atoms with van der Waals surface area (Å²) in [5.74, 6) is -0.0849. The Hall–Kier alpha value is -3.59. The molecule has 0 bridgehead atoms. The van der Waals surface area contributed by atoms with Crippen molar-refractivity contribution in [1.82, 2.24) is 10.2 Å². The number of nitrogens with zero attached hydrogens (tertiary/aromatic N) is 4. The Bertz CT molecular complexity index is 1060. The summed E-state index contributed by atoms with van der Waals surface area (Å²) >= 11 is 0. The van der Waals surface area contributed by atoms with Crippen molar-refractivity contribution in [2.45, 2.75) is 19.3 Å². The number of amides is 1. The molecule has 1 aliphatic heterocycles. The lowest BCUT2D eigenvalue weighted by molar-refractivity contribution is -0.125. The Morgan fingerprint density at radius 1 is 1.11 bits per heavy atom. The lowest BCUT2D eigenvalue weighted by Gasteiger charge is -2.48.